The van der Waals surface area contributed by atoms with Gasteiger partial charge >= 0.3 is 0 Å². The summed E-state index contributed by atoms with van der Waals surface area (Å²) in [5.41, 5.74) is 7.43. The van der Waals surface area contributed by atoms with Crippen LogP contribution in [0.15, 0.2) is 12.1 Å². The minimum Gasteiger partial charge on any atom is -0.397 e. The summed E-state index contributed by atoms with van der Waals surface area (Å²) in [4.78, 5) is 0. The molecule has 0 aliphatic carbocycles. The second-order valence-electron chi connectivity index (χ2n) is 4.30. The standard InChI is InChI=1S/C12H19FN2OS/c1-8-6-12(11(14)7-10(8)13)15-9(2)4-5-17(3)16/h6-7,9,15H,4-5,14H2,1-3H3. The van der Waals surface area contributed by atoms with E-state index in [0.717, 1.165) is 12.1 Å². The van der Waals surface area contributed by atoms with Crippen LogP contribution in [-0.2, 0) is 10.8 Å². The van der Waals surface area contributed by atoms with Gasteiger partial charge in [-0.05, 0) is 38.0 Å². The monoisotopic (exact) mass is 258 g/mol. The quantitative estimate of drug-likeness (QED) is 0.797. The molecule has 0 heterocycles. The molecule has 5 heteroatoms. The molecule has 0 saturated heterocycles. The number of aryl methyl sites for hydroxylation is 1. The summed E-state index contributed by atoms with van der Waals surface area (Å²) in [6.07, 6.45) is 2.47. The number of nitrogens with one attached hydrogen (secondary N) is 1. The highest BCUT2D eigenvalue weighted by atomic mass is 32.2. The van der Waals surface area contributed by atoms with E-state index in [9.17, 15) is 8.60 Å². The van der Waals surface area contributed by atoms with Crippen molar-refractivity contribution in [2.24, 2.45) is 0 Å². The second-order valence-corrected chi connectivity index (χ2v) is 5.85. The molecule has 1 aromatic carbocycles. The topological polar surface area (TPSA) is 55.1 Å². The molecule has 1 rings (SSSR count). The van der Waals surface area contributed by atoms with Gasteiger partial charge in [-0.15, -0.1) is 0 Å². The molecule has 3 N–H and O–H groups in total. The van der Waals surface area contributed by atoms with Gasteiger partial charge in [-0.2, -0.15) is 0 Å². The molecular formula is C12H19FN2OS. The van der Waals surface area contributed by atoms with E-state index >= 15 is 0 Å². The zero-order chi connectivity index (χ0) is 13.0. The molecule has 0 amide bonds. The lowest BCUT2D eigenvalue weighted by Gasteiger charge is -2.17. The molecule has 0 radical (unpaired) electrons. The molecule has 0 aromatic heterocycles. The van der Waals surface area contributed by atoms with Crippen molar-refractivity contribution in [1.82, 2.24) is 0 Å². The summed E-state index contributed by atoms with van der Waals surface area (Å²) >= 11 is 0. The SMILES string of the molecule is Cc1cc(NC(C)CCS(C)=O)c(N)cc1F. The fourth-order valence-corrected chi connectivity index (χ4v) is 2.19. The molecule has 3 nitrogen and oxygen atoms in total. The Morgan fingerprint density at radius 1 is 1.53 bits per heavy atom. The first kappa shape index (κ1) is 14.0. The van der Waals surface area contributed by atoms with Crippen molar-refractivity contribution in [3.8, 4) is 0 Å². The van der Waals surface area contributed by atoms with Gasteiger partial charge in [0.05, 0.1) is 11.4 Å². The molecular weight excluding hydrogens is 239 g/mol. The van der Waals surface area contributed by atoms with Crippen LogP contribution >= 0.6 is 0 Å². The molecule has 1 aromatic rings. The Balaban J connectivity index is 2.68. The lowest BCUT2D eigenvalue weighted by Crippen LogP contribution is -2.18. The first-order chi connectivity index (χ1) is 7.90. The predicted octanol–water partition coefficient (Wildman–Crippen LogP) is 2.29. The summed E-state index contributed by atoms with van der Waals surface area (Å²) in [5.74, 6) is 0.351. The van der Waals surface area contributed by atoms with Crippen LogP contribution in [0.1, 0.15) is 18.9 Å². The van der Waals surface area contributed by atoms with Crippen molar-refractivity contribution in [3.63, 3.8) is 0 Å². The van der Waals surface area contributed by atoms with Crippen molar-refractivity contribution >= 4 is 22.2 Å². The average molecular weight is 258 g/mol. The van der Waals surface area contributed by atoms with Crippen LogP contribution in [-0.4, -0.2) is 22.3 Å². The second kappa shape index (κ2) is 6.00. The first-order valence-corrected chi connectivity index (χ1v) is 7.25. The van der Waals surface area contributed by atoms with Gasteiger partial charge in [-0.25, -0.2) is 4.39 Å². The fourth-order valence-electron chi connectivity index (χ4n) is 1.50. The highest BCUT2D eigenvalue weighted by Gasteiger charge is 2.08. The van der Waals surface area contributed by atoms with Crippen molar-refractivity contribution < 1.29 is 8.60 Å². The van der Waals surface area contributed by atoms with Crippen LogP contribution in [0, 0.1) is 12.7 Å². The van der Waals surface area contributed by atoms with E-state index < -0.39 is 10.8 Å². The summed E-state index contributed by atoms with van der Waals surface area (Å²) in [6, 6.07) is 3.18. The maximum atomic E-state index is 13.2. The molecule has 2 atom stereocenters. The molecule has 0 aliphatic rings. The van der Waals surface area contributed by atoms with Crippen molar-refractivity contribution in [3.05, 3.63) is 23.5 Å². The molecule has 2 unspecified atom stereocenters. The smallest absolute Gasteiger partial charge is 0.128 e. The third kappa shape index (κ3) is 4.34. The van der Waals surface area contributed by atoms with Gasteiger partial charge in [-0.3, -0.25) is 4.21 Å². The highest BCUT2D eigenvalue weighted by Crippen LogP contribution is 2.23. The summed E-state index contributed by atoms with van der Waals surface area (Å²) < 4.78 is 24.2. The van der Waals surface area contributed by atoms with Crippen LogP contribution in [0.5, 0.6) is 0 Å². The van der Waals surface area contributed by atoms with Crippen LogP contribution in [0.2, 0.25) is 0 Å². The molecule has 0 spiro atoms. The summed E-state index contributed by atoms with van der Waals surface area (Å²) in [6.45, 7) is 3.69. The molecule has 0 aliphatic heterocycles. The van der Waals surface area contributed by atoms with Crippen LogP contribution in [0.25, 0.3) is 0 Å². The number of nitrogens with two attached hydrogens (primary N) is 1. The number of halogens is 1. The maximum Gasteiger partial charge on any atom is 0.128 e. The number of rotatable bonds is 5. The number of hydrogen-bond donors (Lipinski definition) is 2. The van der Waals surface area contributed by atoms with Gasteiger partial charge in [0.15, 0.2) is 0 Å². The van der Waals surface area contributed by atoms with Gasteiger partial charge in [-0.1, -0.05) is 0 Å². The normalized spacial score (nSPS) is 14.4. The predicted molar refractivity (Wildman–Crippen MR) is 72.2 cm³/mol. The third-order valence-electron chi connectivity index (χ3n) is 2.57. The summed E-state index contributed by atoms with van der Waals surface area (Å²) in [7, 11) is -0.789. The maximum absolute atomic E-state index is 13.2. The van der Waals surface area contributed by atoms with E-state index in [0.29, 0.717) is 17.0 Å². The number of benzene rings is 1. The van der Waals surface area contributed by atoms with Crippen molar-refractivity contribution in [1.29, 1.82) is 0 Å². The minimum atomic E-state index is -0.789. The number of anilines is 2. The van der Waals surface area contributed by atoms with E-state index in [-0.39, 0.29) is 11.9 Å². The Morgan fingerprint density at radius 3 is 2.76 bits per heavy atom. The Bertz CT molecular complexity index is 423. The molecule has 0 fully saturated rings. The van der Waals surface area contributed by atoms with Crippen LogP contribution in [0.3, 0.4) is 0 Å². The van der Waals surface area contributed by atoms with E-state index in [1.54, 1.807) is 19.2 Å². The number of hydrogen-bond acceptors (Lipinski definition) is 3. The lowest BCUT2D eigenvalue weighted by atomic mass is 10.1. The Kier molecular flexibility index (Phi) is 4.93. The Morgan fingerprint density at radius 2 is 2.18 bits per heavy atom. The largest absolute Gasteiger partial charge is 0.397 e. The Hall–Kier alpha value is -1.10. The zero-order valence-electron chi connectivity index (χ0n) is 10.4. The molecule has 0 saturated carbocycles. The lowest BCUT2D eigenvalue weighted by molar-refractivity contribution is 0.619. The van der Waals surface area contributed by atoms with Gasteiger partial charge in [0.1, 0.15) is 5.82 Å². The molecule has 0 bridgehead atoms. The first-order valence-electron chi connectivity index (χ1n) is 5.52. The third-order valence-corrected chi connectivity index (χ3v) is 3.38. The van der Waals surface area contributed by atoms with E-state index in [2.05, 4.69) is 5.32 Å². The van der Waals surface area contributed by atoms with Gasteiger partial charge in [0, 0.05) is 28.9 Å². The van der Waals surface area contributed by atoms with Crippen LogP contribution in [0.4, 0.5) is 15.8 Å². The van der Waals surface area contributed by atoms with E-state index in [1.807, 2.05) is 6.92 Å². The Labute approximate surface area is 104 Å². The fraction of sp³-hybridized carbons (Fsp3) is 0.500. The van der Waals surface area contributed by atoms with Crippen LogP contribution < -0.4 is 11.1 Å². The molecule has 17 heavy (non-hydrogen) atoms. The average Bonchev–Trinajstić information content (AvgIpc) is 2.23. The van der Waals surface area contributed by atoms with E-state index in [4.69, 9.17) is 5.73 Å². The zero-order valence-corrected chi connectivity index (χ0v) is 11.2. The minimum absolute atomic E-state index is 0.158. The summed E-state index contributed by atoms with van der Waals surface area (Å²) in [5, 5.41) is 3.21. The van der Waals surface area contributed by atoms with Gasteiger partial charge in [0.2, 0.25) is 0 Å². The number of nitrogen functional groups attached to an aromatic ring is 1. The van der Waals surface area contributed by atoms with Gasteiger partial charge < -0.3 is 11.1 Å². The highest BCUT2D eigenvalue weighted by molar-refractivity contribution is 7.84. The molecule has 96 valence electrons. The van der Waals surface area contributed by atoms with E-state index in [1.165, 1.54) is 6.07 Å². The van der Waals surface area contributed by atoms with Gasteiger partial charge in [0.25, 0.3) is 0 Å². The van der Waals surface area contributed by atoms with Crippen molar-refractivity contribution in [2.75, 3.05) is 23.1 Å². The van der Waals surface area contributed by atoms with Crippen molar-refractivity contribution in [2.45, 2.75) is 26.3 Å².